The molecular weight excluding hydrogens is 1710 g/mol. The molecule has 0 aromatic carbocycles. The number of guanidine groups is 2. The second kappa shape index (κ2) is 59.5. The van der Waals surface area contributed by atoms with Crippen LogP contribution in [0.2, 0.25) is 0 Å². The monoisotopic (exact) mass is 1840 g/mol. The lowest BCUT2D eigenvalue weighted by Gasteiger charge is -2.30. The van der Waals surface area contributed by atoms with Crippen molar-refractivity contribution in [2.24, 2.45) is 64.0 Å². The maximum absolute atomic E-state index is 14.3. The Balaban J connectivity index is 0. The Kier molecular flexibility index (Phi) is 54.2. The molecule has 16 atom stereocenters. The average Bonchev–Trinajstić information content (AvgIpc) is 0.846. The first-order valence-corrected chi connectivity index (χ1v) is 40.5. The van der Waals surface area contributed by atoms with Crippen LogP contribution in [-0.2, 0) is 105 Å². The van der Waals surface area contributed by atoms with E-state index in [1.807, 2.05) is 5.32 Å². The summed E-state index contributed by atoms with van der Waals surface area (Å²) in [6.45, 7) is 14.8. The van der Waals surface area contributed by atoms with Crippen LogP contribution in [-0.4, -0.2) is 280 Å². The van der Waals surface area contributed by atoms with Gasteiger partial charge in [-0.2, -0.15) is 13.2 Å². The predicted octanol–water partition coefficient (Wildman–Crippen LogP) is -9.06. The smallest absolute Gasteiger partial charge is 0.481 e. The van der Waals surface area contributed by atoms with Crippen LogP contribution in [0.5, 0.6) is 0 Å². The zero-order chi connectivity index (χ0) is 98.9. The molecule has 0 fully saturated rings. The number of primary amides is 3. The number of alkyl halides is 3. The summed E-state index contributed by atoms with van der Waals surface area (Å²) in [6, 6.07) is -21.1. The number of hydrogen-bond donors (Lipinski definition) is 29. The quantitative estimate of drug-likeness (QED) is 0.0153. The Morgan fingerprint density at radius 1 is 0.344 bits per heavy atom. The maximum Gasteiger partial charge on any atom is 0.490 e. The third kappa shape index (κ3) is 48.2. The molecule has 0 aliphatic carbocycles. The summed E-state index contributed by atoms with van der Waals surface area (Å²) in [4.78, 5) is 287. The van der Waals surface area contributed by atoms with Crippen LogP contribution >= 0.6 is 0 Å². The number of nitrogens with two attached hydrogens (primary N) is 6. The normalized spacial score (nSPS) is 14.7. The van der Waals surface area contributed by atoms with Crippen molar-refractivity contribution in [1.82, 2.24) is 90.4 Å². The summed E-state index contributed by atoms with van der Waals surface area (Å²) >= 11 is 0. The zero-order valence-corrected chi connectivity index (χ0v) is 72.9. The van der Waals surface area contributed by atoms with Crippen LogP contribution < -0.4 is 125 Å². The second-order valence-electron chi connectivity index (χ2n) is 30.5. The lowest BCUT2D eigenvalue weighted by Crippen LogP contribution is -2.61. The van der Waals surface area contributed by atoms with E-state index in [-0.39, 0.29) is 83.2 Å². The summed E-state index contributed by atoms with van der Waals surface area (Å²) in [5.74, 6) is -30.6. The lowest BCUT2D eigenvalue weighted by atomic mass is 9.94. The fourth-order valence-corrected chi connectivity index (χ4v) is 11.3. The summed E-state index contributed by atoms with van der Waals surface area (Å²) < 4.78 is 31.7. The summed E-state index contributed by atoms with van der Waals surface area (Å²) in [5, 5.41) is 91.7. The van der Waals surface area contributed by atoms with Crippen molar-refractivity contribution in [2.75, 3.05) is 32.7 Å². The van der Waals surface area contributed by atoms with E-state index in [0.29, 0.717) is 0 Å². The zero-order valence-electron chi connectivity index (χ0n) is 72.9. The third-order valence-electron chi connectivity index (χ3n) is 19.0. The number of carboxylic acids is 4. The fourth-order valence-electron chi connectivity index (χ4n) is 11.3. The molecule has 0 spiro atoms. The Hall–Kier alpha value is -13.4. The molecule has 0 aliphatic rings. The average molecular weight is 1840 g/mol. The molecule has 0 bridgehead atoms. The highest BCUT2D eigenvalue weighted by Crippen LogP contribution is 2.17. The van der Waals surface area contributed by atoms with E-state index in [1.54, 1.807) is 55.4 Å². The molecule has 18 amide bonds. The Bertz CT molecular complexity index is 3900. The van der Waals surface area contributed by atoms with Crippen LogP contribution in [0.15, 0.2) is 0 Å². The van der Waals surface area contributed by atoms with Crippen LogP contribution in [0.25, 0.3) is 0 Å². The Labute approximate surface area is 733 Å². The SMILES string of the molecule is CC[C@H](C)[C@H](NC(=O)[C@H](C)NC(=O)[C@H](CC(C)C)NC(=O)[C@H](CCC(N)=O)NC(=O)[C@H](CCCNC(=N)N)NC(=O)CNC(=O)[C@@H](NC(=O)[C@H](CCC(N)=O)NC(=O)CN)C(C)C)C(=O)N[C@H](C(=O)NCC(=O)N[C@@H](CC(=O)O)C(=O)N[C@@H](CC(=O)O)C(=O)N[C@H](C(=O)N[C@@H](CC(N)=O)C(=O)N[C@@H](CCCNC(=N)N)C(=O)O)[C@@H](C)CC)[C@@H](C)CC.O=C(O)C(F)(F)F. The Morgan fingerprint density at radius 2 is 0.648 bits per heavy atom. The highest BCUT2D eigenvalue weighted by atomic mass is 19.4. The van der Waals surface area contributed by atoms with E-state index in [1.165, 1.54) is 20.8 Å². The Morgan fingerprint density at radius 3 is 1.04 bits per heavy atom. The molecule has 0 radical (unpaired) electrons. The molecule has 0 unspecified atom stereocenters. The standard InChI is InChI=1S/C72H125N25O24.C2HF3O2/c1-12-34(8)55(67(117)84-31-51(103)88-44(27-52(104)105)64(114)92-45(28-53(106)107)65(115)96-56(35(9)13-2)68(118)93-43(26-48(76)100)63(113)90-41(70(120)121)18-16-24-82-72(79)80)97-69(119)57(36(10)14-3)95-58(108)37(11)85-62(112)42(25-32(4)5)91-60(110)40(20-22-47(75)99)89-59(109)38(17-15-23-81-71(77)78)87-50(102)30-83-66(116)54(33(6)7)94-61(111)39(19-21-46(74)98)86-49(101)29-73;3-2(4,5)1(6)7/h32-45,54-57H,12-31,73H2,1-11H3,(H2,74,98)(H2,75,99)(H2,76,100)(H,83,116)(H,84,117)(H,85,112)(H,86,101)(H,87,102)(H,88,103)(H,89,109)(H,90,113)(H,91,110)(H,92,114)(H,93,118)(H,94,111)(H,95,108)(H,96,115)(H,97,119)(H,104,105)(H,106,107)(H,120,121)(H4,77,78,81)(H4,79,80,82);(H,6,7)/t34-,35-,36-,37-,38-,39-,40-,41-,42-,43-,44-,45-,54-,55-,56-,57-;/m0./s1. The number of carbonyl (C=O) groups is 22. The molecule has 0 aromatic heterocycles. The maximum atomic E-state index is 14.3. The van der Waals surface area contributed by atoms with E-state index in [2.05, 4.69) is 85.1 Å². The molecule has 0 heterocycles. The second-order valence-corrected chi connectivity index (χ2v) is 30.5. The van der Waals surface area contributed by atoms with Crippen molar-refractivity contribution >= 4 is 142 Å². The first-order chi connectivity index (χ1) is 59.4. The van der Waals surface area contributed by atoms with Crippen molar-refractivity contribution in [3.63, 3.8) is 0 Å². The molecule has 0 aromatic rings. The summed E-state index contributed by atoms with van der Waals surface area (Å²) in [5.41, 5.74) is 32.1. The van der Waals surface area contributed by atoms with Gasteiger partial charge in [-0.3, -0.25) is 107 Å². The van der Waals surface area contributed by atoms with Crippen molar-refractivity contribution in [2.45, 2.75) is 257 Å². The molecule has 54 heteroatoms. The van der Waals surface area contributed by atoms with Gasteiger partial charge in [0.15, 0.2) is 11.9 Å². The number of aliphatic carboxylic acids is 4. The van der Waals surface area contributed by atoms with Gasteiger partial charge in [-0.25, -0.2) is 9.59 Å². The van der Waals surface area contributed by atoms with Gasteiger partial charge in [-0.1, -0.05) is 88.5 Å². The molecular formula is C74H126F3N25O26. The van der Waals surface area contributed by atoms with Crippen molar-refractivity contribution in [3.05, 3.63) is 0 Å². The van der Waals surface area contributed by atoms with Gasteiger partial charge in [0.05, 0.1) is 38.9 Å². The number of halogens is 3. The van der Waals surface area contributed by atoms with Gasteiger partial charge in [0.25, 0.3) is 0 Å². The topological polar surface area (TPSA) is 865 Å². The molecule has 0 saturated heterocycles. The van der Waals surface area contributed by atoms with Gasteiger partial charge in [0.2, 0.25) is 106 Å². The summed E-state index contributed by atoms with van der Waals surface area (Å²) in [6.07, 6.45) is -9.89. The largest absolute Gasteiger partial charge is 0.490 e. The van der Waals surface area contributed by atoms with Gasteiger partial charge in [-0.15, -0.1) is 0 Å². The number of amides is 18. The molecule has 35 N–H and O–H groups in total. The number of carboxylic acid groups (broad SMARTS) is 4. The van der Waals surface area contributed by atoms with Crippen molar-refractivity contribution in [3.8, 4) is 0 Å². The van der Waals surface area contributed by atoms with Crippen molar-refractivity contribution < 1.29 is 139 Å². The molecule has 128 heavy (non-hydrogen) atoms. The highest BCUT2D eigenvalue weighted by molar-refractivity contribution is 6.02. The van der Waals surface area contributed by atoms with Crippen molar-refractivity contribution in [1.29, 1.82) is 10.8 Å². The number of nitrogens with one attached hydrogen (secondary N) is 19. The number of rotatable bonds is 60. The van der Waals surface area contributed by atoms with Crippen LogP contribution in [0, 0.1) is 40.4 Å². The minimum absolute atomic E-state index is 0.00545. The molecule has 0 aliphatic heterocycles. The van der Waals surface area contributed by atoms with Crippen LogP contribution in [0.3, 0.4) is 0 Å². The van der Waals surface area contributed by atoms with E-state index < -0.39 is 302 Å². The molecule has 0 rings (SSSR count). The van der Waals surface area contributed by atoms with Gasteiger partial charge in [0.1, 0.15) is 78.5 Å². The van der Waals surface area contributed by atoms with Crippen LogP contribution in [0.1, 0.15) is 172 Å². The minimum atomic E-state index is -5.08. The number of hydrogen-bond acceptors (Lipinski definition) is 25. The fraction of sp³-hybridized carbons (Fsp3) is 0.676. The van der Waals surface area contributed by atoms with E-state index >= 15 is 0 Å². The predicted molar refractivity (Wildman–Crippen MR) is 443 cm³/mol. The first-order valence-electron chi connectivity index (χ1n) is 40.5. The van der Waals surface area contributed by atoms with Crippen LogP contribution in [0.4, 0.5) is 13.2 Å². The van der Waals surface area contributed by atoms with Gasteiger partial charge in [-0.05, 0) is 81.5 Å². The van der Waals surface area contributed by atoms with Gasteiger partial charge >= 0.3 is 30.1 Å². The third-order valence-corrected chi connectivity index (χ3v) is 19.0. The van der Waals surface area contributed by atoms with Gasteiger partial charge in [0, 0.05) is 25.9 Å². The van der Waals surface area contributed by atoms with E-state index in [0.717, 1.165) is 0 Å². The molecule has 51 nitrogen and oxygen atoms in total. The van der Waals surface area contributed by atoms with E-state index in [9.17, 15) is 129 Å². The lowest BCUT2D eigenvalue weighted by molar-refractivity contribution is -0.192. The molecule has 0 saturated carbocycles. The first kappa shape index (κ1) is 117. The highest BCUT2D eigenvalue weighted by Gasteiger charge is 2.41. The minimum Gasteiger partial charge on any atom is -0.481 e. The van der Waals surface area contributed by atoms with Gasteiger partial charge < -0.3 is 145 Å². The number of carbonyl (C=O) groups excluding carboxylic acids is 18. The van der Waals surface area contributed by atoms with E-state index in [4.69, 9.17) is 55.1 Å². The summed E-state index contributed by atoms with van der Waals surface area (Å²) in [7, 11) is 0. The molecule has 724 valence electrons.